The summed E-state index contributed by atoms with van der Waals surface area (Å²) in [7, 11) is 0. The second-order valence-electron chi connectivity index (χ2n) is 6.07. The molecular weight excluding hydrogens is 378 g/mol. The molecule has 140 valence electrons. The van der Waals surface area contributed by atoms with E-state index >= 15 is 0 Å². The highest BCUT2D eigenvalue weighted by Gasteiger charge is 2.25. The van der Waals surface area contributed by atoms with Gasteiger partial charge in [-0.25, -0.2) is 4.39 Å². The SMILES string of the molecule is Cl.Nc1ccccc1CCC(=O)N1CCOC(c2ccc(F)c(Cl)c2)C1. The van der Waals surface area contributed by atoms with Crippen LogP contribution in [0.15, 0.2) is 42.5 Å². The lowest BCUT2D eigenvalue weighted by Crippen LogP contribution is -2.42. The molecule has 7 heteroatoms. The lowest BCUT2D eigenvalue weighted by molar-refractivity contribution is -0.139. The Bertz CT molecular complexity index is 773. The zero-order chi connectivity index (χ0) is 17.8. The number of nitrogens with two attached hydrogens (primary N) is 1. The molecule has 1 saturated heterocycles. The van der Waals surface area contributed by atoms with Gasteiger partial charge in [-0.3, -0.25) is 4.79 Å². The molecule has 4 nitrogen and oxygen atoms in total. The molecule has 26 heavy (non-hydrogen) atoms. The molecule has 2 N–H and O–H groups in total. The third-order valence-electron chi connectivity index (χ3n) is 4.40. The summed E-state index contributed by atoms with van der Waals surface area (Å²) in [6, 6.07) is 12.1. The molecule has 0 spiro atoms. The van der Waals surface area contributed by atoms with Crippen LogP contribution in [0.4, 0.5) is 10.1 Å². The van der Waals surface area contributed by atoms with Crippen molar-refractivity contribution in [2.45, 2.75) is 18.9 Å². The van der Waals surface area contributed by atoms with Crippen LogP contribution in [0.2, 0.25) is 5.02 Å². The first kappa shape index (κ1) is 20.5. The minimum Gasteiger partial charge on any atom is -0.399 e. The van der Waals surface area contributed by atoms with Crippen molar-refractivity contribution in [1.29, 1.82) is 0 Å². The number of carbonyl (C=O) groups excluding carboxylic acids is 1. The van der Waals surface area contributed by atoms with E-state index in [0.717, 1.165) is 11.1 Å². The Kier molecular flexibility index (Phi) is 7.26. The summed E-state index contributed by atoms with van der Waals surface area (Å²) in [6.45, 7) is 1.43. The molecule has 2 aromatic carbocycles. The standard InChI is InChI=1S/C19H20ClFN2O2.ClH/c20-15-11-14(5-7-16(15)21)18-12-23(9-10-25-18)19(24)8-6-13-3-1-2-4-17(13)22;/h1-5,7,11,18H,6,8-10,12,22H2;1H. The Morgan fingerprint density at radius 1 is 1.31 bits per heavy atom. The maximum absolute atomic E-state index is 13.3. The summed E-state index contributed by atoms with van der Waals surface area (Å²) in [6.07, 6.45) is 0.707. The summed E-state index contributed by atoms with van der Waals surface area (Å²) in [5, 5.41) is 0.0594. The van der Waals surface area contributed by atoms with E-state index in [-0.39, 0.29) is 29.4 Å². The second-order valence-corrected chi connectivity index (χ2v) is 6.48. The van der Waals surface area contributed by atoms with Crippen molar-refractivity contribution in [1.82, 2.24) is 4.90 Å². The number of ether oxygens (including phenoxy) is 1. The van der Waals surface area contributed by atoms with Crippen LogP contribution >= 0.6 is 24.0 Å². The van der Waals surface area contributed by atoms with Gasteiger partial charge in [0.15, 0.2) is 0 Å². The monoisotopic (exact) mass is 398 g/mol. The van der Waals surface area contributed by atoms with Crippen LogP contribution in [0.25, 0.3) is 0 Å². The van der Waals surface area contributed by atoms with Crippen molar-refractivity contribution in [3.8, 4) is 0 Å². The van der Waals surface area contributed by atoms with Crippen LogP contribution in [0, 0.1) is 5.82 Å². The van der Waals surface area contributed by atoms with Gasteiger partial charge in [0, 0.05) is 18.7 Å². The van der Waals surface area contributed by atoms with Crippen LogP contribution in [0.3, 0.4) is 0 Å². The fourth-order valence-corrected chi connectivity index (χ4v) is 3.14. The van der Waals surface area contributed by atoms with E-state index in [9.17, 15) is 9.18 Å². The van der Waals surface area contributed by atoms with Crippen molar-refractivity contribution in [3.63, 3.8) is 0 Å². The van der Waals surface area contributed by atoms with E-state index in [0.29, 0.717) is 38.2 Å². The Morgan fingerprint density at radius 2 is 2.08 bits per heavy atom. The highest BCUT2D eigenvalue weighted by molar-refractivity contribution is 6.30. The number of para-hydroxylation sites is 1. The summed E-state index contributed by atoms with van der Waals surface area (Å²) >= 11 is 5.84. The van der Waals surface area contributed by atoms with Crippen molar-refractivity contribution in [3.05, 3.63) is 64.4 Å². The smallest absolute Gasteiger partial charge is 0.223 e. The maximum Gasteiger partial charge on any atom is 0.223 e. The topological polar surface area (TPSA) is 55.6 Å². The maximum atomic E-state index is 13.3. The van der Waals surface area contributed by atoms with E-state index in [4.69, 9.17) is 22.1 Å². The molecular formula is C19H21Cl2FN2O2. The first-order valence-electron chi connectivity index (χ1n) is 8.22. The summed E-state index contributed by atoms with van der Waals surface area (Å²) in [5.74, 6) is -0.403. The first-order chi connectivity index (χ1) is 12.0. The molecule has 1 amide bonds. The minimum atomic E-state index is -0.463. The van der Waals surface area contributed by atoms with E-state index in [1.54, 1.807) is 17.0 Å². The number of anilines is 1. The molecule has 1 aliphatic rings. The van der Waals surface area contributed by atoms with Crippen molar-refractivity contribution in [2.75, 3.05) is 25.4 Å². The molecule has 0 radical (unpaired) electrons. The lowest BCUT2D eigenvalue weighted by atomic mass is 10.1. The highest BCUT2D eigenvalue weighted by atomic mass is 35.5. The largest absolute Gasteiger partial charge is 0.399 e. The van der Waals surface area contributed by atoms with Gasteiger partial charge in [-0.15, -0.1) is 12.4 Å². The molecule has 1 heterocycles. The number of carbonyl (C=O) groups is 1. The third kappa shape index (κ3) is 4.87. The number of halogens is 3. The molecule has 2 aromatic rings. The fourth-order valence-electron chi connectivity index (χ4n) is 2.95. The Morgan fingerprint density at radius 3 is 2.81 bits per heavy atom. The van der Waals surface area contributed by atoms with Crippen LogP contribution in [-0.4, -0.2) is 30.5 Å². The predicted molar refractivity (Wildman–Crippen MR) is 103 cm³/mol. The van der Waals surface area contributed by atoms with Gasteiger partial charge in [0.2, 0.25) is 5.91 Å². The molecule has 1 unspecified atom stereocenters. The number of hydrogen-bond acceptors (Lipinski definition) is 3. The van der Waals surface area contributed by atoms with Gasteiger partial charge >= 0.3 is 0 Å². The average molecular weight is 399 g/mol. The first-order valence-corrected chi connectivity index (χ1v) is 8.60. The van der Waals surface area contributed by atoms with Gasteiger partial charge in [0.1, 0.15) is 11.9 Å². The number of rotatable bonds is 4. The normalized spacial score (nSPS) is 16.8. The number of morpholine rings is 1. The Labute approximate surface area is 163 Å². The molecule has 0 aromatic heterocycles. The average Bonchev–Trinajstić information content (AvgIpc) is 2.63. The zero-order valence-corrected chi connectivity index (χ0v) is 15.7. The molecule has 0 aliphatic carbocycles. The predicted octanol–water partition coefficient (Wildman–Crippen LogP) is 4.02. The van der Waals surface area contributed by atoms with Crippen molar-refractivity contribution in [2.24, 2.45) is 0 Å². The van der Waals surface area contributed by atoms with Crippen molar-refractivity contribution < 1.29 is 13.9 Å². The summed E-state index contributed by atoms with van der Waals surface area (Å²) in [5.41, 5.74) is 8.38. The van der Waals surface area contributed by atoms with Gasteiger partial charge in [0.05, 0.1) is 18.2 Å². The number of aryl methyl sites for hydroxylation is 1. The van der Waals surface area contributed by atoms with Crippen molar-refractivity contribution >= 4 is 35.6 Å². The lowest BCUT2D eigenvalue weighted by Gasteiger charge is -2.33. The van der Waals surface area contributed by atoms with Gasteiger partial charge in [0.25, 0.3) is 0 Å². The van der Waals surface area contributed by atoms with Gasteiger partial charge in [-0.05, 0) is 35.7 Å². The van der Waals surface area contributed by atoms with E-state index < -0.39 is 5.82 Å². The summed E-state index contributed by atoms with van der Waals surface area (Å²) < 4.78 is 19.0. The molecule has 0 bridgehead atoms. The molecule has 1 atom stereocenters. The Hall–Kier alpha value is -1.82. The number of hydrogen-bond donors (Lipinski definition) is 1. The van der Waals surface area contributed by atoms with Crippen LogP contribution in [0.1, 0.15) is 23.7 Å². The third-order valence-corrected chi connectivity index (χ3v) is 4.69. The zero-order valence-electron chi connectivity index (χ0n) is 14.2. The Balaban J connectivity index is 0.00000243. The highest BCUT2D eigenvalue weighted by Crippen LogP contribution is 2.26. The van der Waals surface area contributed by atoms with E-state index in [1.807, 2.05) is 24.3 Å². The molecule has 0 saturated carbocycles. The quantitative estimate of drug-likeness (QED) is 0.791. The minimum absolute atomic E-state index is 0. The number of nitrogens with zero attached hydrogens (tertiary/aromatic N) is 1. The van der Waals surface area contributed by atoms with Crippen LogP contribution in [-0.2, 0) is 16.0 Å². The summed E-state index contributed by atoms with van der Waals surface area (Å²) in [4.78, 5) is 14.3. The molecule has 3 rings (SSSR count). The number of amides is 1. The molecule has 1 fully saturated rings. The number of nitrogen functional groups attached to an aromatic ring is 1. The van der Waals surface area contributed by atoms with Gasteiger partial charge in [-0.2, -0.15) is 0 Å². The molecule has 1 aliphatic heterocycles. The van der Waals surface area contributed by atoms with Crippen LogP contribution < -0.4 is 5.73 Å². The fraction of sp³-hybridized carbons (Fsp3) is 0.316. The van der Waals surface area contributed by atoms with Gasteiger partial charge in [-0.1, -0.05) is 35.9 Å². The second kappa shape index (κ2) is 9.21. The van der Waals surface area contributed by atoms with E-state index in [1.165, 1.54) is 6.07 Å². The van der Waals surface area contributed by atoms with E-state index in [2.05, 4.69) is 0 Å². The van der Waals surface area contributed by atoms with Gasteiger partial charge < -0.3 is 15.4 Å². The van der Waals surface area contributed by atoms with Crippen LogP contribution in [0.5, 0.6) is 0 Å². The number of benzene rings is 2.